The highest BCUT2D eigenvalue weighted by molar-refractivity contribution is 5.35. The van der Waals surface area contributed by atoms with E-state index in [0.717, 1.165) is 11.1 Å². The first-order chi connectivity index (χ1) is 9.31. The minimum absolute atomic E-state index is 0.433. The van der Waals surface area contributed by atoms with Gasteiger partial charge in [-0.25, -0.2) is 0 Å². The highest BCUT2D eigenvalue weighted by atomic mass is 16.5. The standard InChI is InChI=1S/C17H16O2/c1-19-17(15-10-6-3-7-11-15)16(18)13-12-14-8-4-2-5-9-14/h2-11,16-18H,1H3/t16-,17-/m1/s1. The number of rotatable bonds is 3. The van der Waals surface area contributed by atoms with Crippen LogP contribution in [-0.2, 0) is 4.74 Å². The van der Waals surface area contributed by atoms with E-state index >= 15 is 0 Å². The van der Waals surface area contributed by atoms with Gasteiger partial charge in [-0.3, -0.25) is 0 Å². The zero-order chi connectivity index (χ0) is 13.5. The van der Waals surface area contributed by atoms with Crippen molar-refractivity contribution in [3.05, 3.63) is 71.8 Å². The zero-order valence-electron chi connectivity index (χ0n) is 10.8. The highest BCUT2D eigenvalue weighted by Gasteiger charge is 2.18. The van der Waals surface area contributed by atoms with E-state index in [1.54, 1.807) is 7.11 Å². The molecule has 2 rings (SSSR count). The Morgan fingerprint density at radius 3 is 2.11 bits per heavy atom. The fourth-order valence-electron chi connectivity index (χ4n) is 1.84. The average Bonchev–Trinajstić information content (AvgIpc) is 2.48. The molecule has 2 aromatic rings. The van der Waals surface area contributed by atoms with Crippen LogP contribution in [0.25, 0.3) is 0 Å². The third-order valence-corrected chi connectivity index (χ3v) is 2.81. The third-order valence-electron chi connectivity index (χ3n) is 2.81. The summed E-state index contributed by atoms with van der Waals surface area (Å²) in [5, 5.41) is 10.1. The minimum atomic E-state index is -0.854. The maximum Gasteiger partial charge on any atom is 0.145 e. The summed E-state index contributed by atoms with van der Waals surface area (Å²) in [6.45, 7) is 0. The monoisotopic (exact) mass is 252 g/mol. The topological polar surface area (TPSA) is 29.5 Å². The first-order valence-corrected chi connectivity index (χ1v) is 6.13. The van der Waals surface area contributed by atoms with E-state index in [4.69, 9.17) is 4.74 Å². The van der Waals surface area contributed by atoms with Crippen LogP contribution >= 0.6 is 0 Å². The van der Waals surface area contributed by atoms with Crippen LogP contribution in [0.15, 0.2) is 60.7 Å². The summed E-state index contributed by atoms with van der Waals surface area (Å²) in [4.78, 5) is 0. The van der Waals surface area contributed by atoms with E-state index in [9.17, 15) is 5.11 Å². The average molecular weight is 252 g/mol. The van der Waals surface area contributed by atoms with Gasteiger partial charge in [0, 0.05) is 12.7 Å². The molecule has 0 amide bonds. The van der Waals surface area contributed by atoms with Crippen LogP contribution in [0.5, 0.6) is 0 Å². The Morgan fingerprint density at radius 1 is 0.947 bits per heavy atom. The summed E-state index contributed by atoms with van der Waals surface area (Å²) < 4.78 is 5.33. The van der Waals surface area contributed by atoms with Crippen molar-refractivity contribution in [1.82, 2.24) is 0 Å². The molecule has 0 fully saturated rings. The van der Waals surface area contributed by atoms with Crippen molar-refractivity contribution >= 4 is 0 Å². The Bertz CT molecular complexity index is 552. The second-order valence-electron chi connectivity index (χ2n) is 4.15. The first kappa shape index (κ1) is 13.4. The van der Waals surface area contributed by atoms with Crippen molar-refractivity contribution in [2.75, 3.05) is 7.11 Å². The Kier molecular flexibility index (Phi) is 4.74. The lowest BCUT2D eigenvalue weighted by molar-refractivity contribution is 0.0155. The van der Waals surface area contributed by atoms with E-state index in [1.165, 1.54) is 0 Å². The fraction of sp³-hybridized carbons (Fsp3) is 0.176. The van der Waals surface area contributed by atoms with Crippen molar-refractivity contribution in [2.24, 2.45) is 0 Å². The molecule has 0 bridgehead atoms. The molecule has 2 atom stereocenters. The van der Waals surface area contributed by atoms with Gasteiger partial charge < -0.3 is 9.84 Å². The fourth-order valence-corrected chi connectivity index (χ4v) is 1.84. The van der Waals surface area contributed by atoms with Crippen LogP contribution in [0.2, 0.25) is 0 Å². The van der Waals surface area contributed by atoms with Crippen molar-refractivity contribution in [2.45, 2.75) is 12.2 Å². The van der Waals surface area contributed by atoms with E-state index in [1.807, 2.05) is 60.7 Å². The van der Waals surface area contributed by atoms with E-state index in [2.05, 4.69) is 11.8 Å². The van der Waals surface area contributed by atoms with Crippen molar-refractivity contribution in [1.29, 1.82) is 0 Å². The second-order valence-corrected chi connectivity index (χ2v) is 4.15. The van der Waals surface area contributed by atoms with E-state index in [0.29, 0.717) is 0 Å². The van der Waals surface area contributed by atoms with Gasteiger partial charge in [-0.2, -0.15) is 0 Å². The molecule has 1 N–H and O–H groups in total. The lowest BCUT2D eigenvalue weighted by Crippen LogP contribution is -2.18. The minimum Gasteiger partial charge on any atom is -0.377 e. The summed E-state index contributed by atoms with van der Waals surface area (Å²) in [5.74, 6) is 5.78. The molecule has 0 aliphatic rings. The van der Waals surface area contributed by atoms with Crippen molar-refractivity contribution < 1.29 is 9.84 Å². The zero-order valence-corrected chi connectivity index (χ0v) is 10.8. The molecule has 96 valence electrons. The molecule has 2 nitrogen and oxygen atoms in total. The number of methoxy groups -OCH3 is 1. The van der Waals surface area contributed by atoms with Crippen molar-refractivity contribution in [3.8, 4) is 11.8 Å². The van der Waals surface area contributed by atoms with Gasteiger partial charge in [-0.15, -0.1) is 0 Å². The van der Waals surface area contributed by atoms with Crippen molar-refractivity contribution in [3.63, 3.8) is 0 Å². The largest absolute Gasteiger partial charge is 0.377 e. The van der Waals surface area contributed by atoms with Crippen LogP contribution < -0.4 is 0 Å². The van der Waals surface area contributed by atoms with Gasteiger partial charge in [0.25, 0.3) is 0 Å². The Balaban J connectivity index is 2.15. The second kappa shape index (κ2) is 6.75. The highest BCUT2D eigenvalue weighted by Crippen LogP contribution is 2.19. The van der Waals surface area contributed by atoms with E-state index in [-0.39, 0.29) is 0 Å². The summed E-state index contributed by atoms with van der Waals surface area (Å²) in [6, 6.07) is 19.2. The van der Waals surface area contributed by atoms with Gasteiger partial charge in [0.2, 0.25) is 0 Å². The quantitative estimate of drug-likeness (QED) is 0.851. The maximum absolute atomic E-state index is 10.1. The van der Waals surface area contributed by atoms with Crippen LogP contribution in [0.1, 0.15) is 17.2 Å². The molecule has 0 aliphatic carbocycles. The lowest BCUT2D eigenvalue weighted by Gasteiger charge is -2.17. The molecule has 2 aromatic carbocycles. The van der Waals surface area contributed by atoms with Gasteiger partial charge in [0.15, 0.2) is 0 Å². The predicted octanol–water partition coefficient (Wildman–Crippen LogP) is 2.79. The Hall–Kier alpha value is -2.08. The first-order valence-electron chi connectivity index (χ1n) is 6.13. The molecule has 2 heteroatoms. The summed E-state index contributed by atoms with van der Waals surface area (Å²) >= 11 is 0. The molecule has 0 unspecified atom stereocenters. The summed E-state index contributed by atoms with van der Waals surface area (Å²) in [7, 11) is 1.57. The predicted molar refractivity (Wildman–Crippen MR) is 75.5 cm³/mol. The number of ether oxygens (including phenoxy) is 1. The number of hydrogen-bond acceptors (Lipinski definition) is 2. The maximum atomic E-state index is 10.1. The SMILES string of the molecule is CO[C@H](c1ccccc1)[C@H](O)C#Cc1ccccc1. The van der Waals surface area contributed by atoms with Crippen LogP contribution in [-0.4, -0.2) is 18.3 Å². The molecule has 19 heavy (non-hydrogen) atoms. The molecule has 0 aliphatic heterocycles. The Morgan fingerprint density at radius 2 is 1.53 bits per heavy atom. The molecule has 0 saturated carbocycles. The van der Waals surface area contributed by atoms with Crippen LogP contribution in [0.3, 0.4) is 0 Å². The van der Waals surface area contributed by atoms with Gasteiger partial charge in [-0.05, 0) is 17.7 Å². The molecule has 0 radical (unpaired) electrons. The molecule has 0 spiro atoms. The normalized spacial score (nSPS) is 13.2. The third kappa shape index (κ3) is 3.69. The smallest absolute Gasteiger partial charge is 0.145 e. The van der Waals surface area contributed by atoms with Gasteiger partial charge in [0.05, 0.1) is 0 Å². The number of aliphatic hydroxyl groups excluding tert-OH is 1. The number of benzene rings is 2. The number of hydrogen-bond donors (Lipinski definition) is 1. The molecule has 0 heterocycles. The molecule has 0 aromatic heterocycles. The van der Waals surface area contributed by atoms with Gasteiger partial charge in [-0.1, -0.05) is 60.4 Å². The van der Waals surface area contributed by atoms with Crippen LogP contribution in [0.4, 0.5) is 0 Å². The molecular formula is C17H16O2. The molecule has 0 saturated heterocycles. The van der Waals surface area contributed by atoms with Gasteiger partial charge in [0.1, 0.15) is 12.2 Å². The van der Waals surface area contributed by atoms with Gasteiger partial charge >= 0.3 is 0 Å². The summed E-state index contributed by atoms with van der Waals surface area (Å²) in [5.41, 5.74) is 1.80. The lowest BCUT2D eigenvalue weighted by atomic mass is 10.0. The van der Waals surface area contributed by atoms with E-state index < -0.39 is 12.2 Å². The van der Waals surface area contributed by atoms with Crippen LogP contribution in [0, 0.1) is 11.8 Å². The summed E-state index contributed by atoms with van der Waals surface area (Å²) in [6.07, 6.45) is -1.29. The Labute approximate surface area is 113 Å². The molecular weight excluding hydrogens is 236 g/mol. The number of aliphatic hydroxyl groups is 1.